The summed E-state index contributed by atoms with van der Waals surface area (Å²) in [6.07, 6.45) is 0. The molecule has 0 radical (unpaired) electrons. The van der Waals surface area contributed by atoms with Crippen molar-refractivity contribution in [1.82, 2.24) is 0 Å². The van der Waals surface area contributed by atoms with E-state index in [9.17, 15) is 9.59 Å². The lowest BCUT2D eigenvalue weighted by molar-refractivity contribution is -0.115. The number of thioether (sulfide) groups is 1. The van der Waals surface area contributed by atoms with Crippen molar-refractivity contribution in [3.63, 3.8) is 0 Å². The molecule has 6 heteroatoms. The lowest BCUT2D eigenvalue weighted by Gasteiger charge is -2.15. The van der Waals surface area contributed by atoms with Gasteiger partial charge in [0, 0.05) is 16.1 Å². The molecule has 1 atom stereocenters. The molecule has 0 aliphatic rings. The average molecular weight is 435 g/mol. The summed E-state index contributed by atoms with van der Waals surface area (Å²) < 4.78 is 5.56. The van der Waals surface area contributed by atoms with Gasteiger partial charge >= 0.3 is 0 Å². The van der Waals surface area contributed by atoms with E-state index in [0.717, 1.165) is 10.5 Å². The smallest absolute Gasteiger partial charge is 0.255 e. The number of nitrogens with one attached hydrogen (secondary N) is 2. The van der Waals surface area contributed by atoms with Crippen molar-refractivity contribution in [1.29, 1.82) is 0 Å². The molecule has 0 fully saturated rings. The zero-order valence-corrected chi connectivity index (χ0v) is 18.7. The summed E-state index contributed by atoms with van der Waals surface area (Å²) in [5.41, 5.74) is 2.95. The van der Waals surface area contributed by atoms with Crippen molar-refractivity contribution in [2.75, 3.05) is 17.2 Å². The maximum Gasteiger partial charge on any atom is 0.255 e. The van der Waals surface area contributed by atoms with Gasteiger partial charge in [-0.25, -0.2) is 0 Å². The predicted molar refractivity (Wildman–Crippen MR) is 127 cm³/mol. The fraction of sp³-hybridized carbons (Fsp3) is 0.200. The lowest BCUT2D eigenvalue weighted by Crippen LogP contribution is -2.22. The molecule has 3 aromatic carbocycles. The Kier molecular flexibility index (Phi) is 7.73. The molecule has 0 aliphatic heterocycles. The monoisotopic (exact) mass is 434 g/mol. The maximum atomic E-state index is 12.6. The second-order valence-electron chi connectivity index (χ2n) is 6.97. The molecule has 2 N–H and O–H groups in total. The number of rotatable bonds is 8. The Balaban J connectivity index is 1.58. The van der Waals surface area contributed by atoms with Gasteiger partial charge in [0.2, 0.25) is 5.91 Å². The fourth-order valence-corrected chi connectivity index (χ4v) is 3.85. The van der Waals surface area contributed by atoms with Crippen LogP contribution in [-0.2, 0) is 4.79 Å². The first-order valence-electron chi connectivity index (χ1n) is 10.1. The quantitative estimate of drug-likeness (QED) is 0.442. The van der Waals surface area contributed by atoms with Gasteiger partial charge in [-0.1, -0.05) is 30.3 Å². The van der Waals surface area contributed by atoms with Crippen molar-refractivity contribution >= 4 is 35.0 Å². The first kappa shape index (κ1) is 22.4. The minimum absolute atomic E-state index is 0.103. The Morgan fingerprint density at radius 1 is 0.935 bits per heavy atom. The number of para-hydroxylation sites is 2. The van der Waals surface area contributed by atoms with Gasteiger partial charge < -0.3 is 15.4 Å². The van der Waals surface area contributed by atoms with Crippen LogP contribution < -0.4 is 15.4 Å². The third kappa shape index (κ3) is 6.12. The highest BCUT2D eigenvalue weighted by atomic mass is 32.2. The Bertz CT molecular complexity index is 1050. The number of aryl methyl sites for hydroxylation is 1. The molecule has 3 aromatic rings. The Morgan fingerprint density at radius 2 is 1.61 bits per heavy atom. The molecule has 1 unspecified atom stereocenters. The van der Waals surface area contributed by atoms with Gasteiger partial charge in [0.25, 0.3) is 5.91 Å². The van der Waals surface area contributed by atoms with Crippen LogP contribution in [0.5, 0.6) is 5.75 Å². The van der Waals surface area contributed by atoms with Gasteiger partial charge in [-0.2, -0.15) is 0 Å². The zero-order valence-electron chi connectivity index (χ0n) is 17.8. The molecular weight excluding hydrogens is 408 g/mol. The van der Waals surface area contributed by atoms with E-state index in [1.165, 1.54) is 11.8 Å². The molecule has 0 aromatic heterocycles. The van der Waals surface area contributed by atoms with E-state index in [2.05, 4.69) is 10.6 Å². The second kappa shape index (κ2) is 10.7. The molecule has 160 valence electrons. The highest BCUT2D eigenvalue weighted by molar-refractivity contribution is 8.00. The van der Waals surface area contributed by atoms with E-state index in [1.54, 1.807) is 6.07 Å². The number of amides is 2. The van der Waals surface area contributed by atoms with E-state index in [-0.39, 0.29) is 17.1 Å². The summed E-state index contributed by atoms with van der Waals surface area (Å²) in [4.78, 5) is 26.0. The van der Waals surface area contributed by atoms with Crippen LogP contribution in [-0.4, -0.2) is 23.7 Å². The number of carbonyl (C=O) groups is 2. The summed E-state index contributed by atoms with van der Waals surface area (Å²) >= 11 is 1.45. The summed E-state index contributed by atoms with van der Waals surface area (Å²) in [6.45, 7) is 6.21. The van der Waals surface area contributed by atoms with Crippen molar-refractivity contribution in [3.8, 4) is 5.75 Å². The van der Waals surface area contributed by atoms with Crippen LogP contribution in [0.4, 0.5) is 11.4 Å². The normalized spacial score (nSPS) is 11.5. The second-order valence-corrected chi connectivity index (χ2v) is 8.39. The Labute approximate surface area is 187 Å². The predicted octanol–water partition coefficient (Wildman–Crippen LogP) is 5.77. The molecule has 0 aliphatic carbocycles. The van der Waals surface area contributed by atoms with E-state index >= 15 is 0 Å². The van der Waals surface area contributed by atoms with Gasteiger partial charge in [0.15, 0.2) is 0 Å². The van der Waals surface area contributed by atoms with Crippen LogP contribution in [0.1, 0.15) is 29.8 Å². The SMILES string of the molecule is CCOc1ccccc1NC(=O)C(C)Sc1ccc(NC(=O)c2ccccc2C)cc1. The van der Waals surface area contributed by atoms with Crippen LogP contribution >= 0.6 is 11.8 Å². The molecular formula is C25H26N2O3S. The fourth-order valence-electron chi connectivity index (χ4n) is 2.99. The van der Waals surface area contributed by atoms with Crippen molar-refractivity contribution in [2.45, 2.75) is 30.9 Å². The molecule has 0 spiro atoms. The number of carbonyl (C=O) groups excluding carboxylic acids is 2. The van der Waals surface area contributed by atoms with Crippen molar-refractivity contribution in [2.24, 2.45) is 0 Å². The third-order valence-corrected chi connectivity index (χ3v) is 5.74. The van der Waals surface area contributed by atoms with E-state index < -0.39 is 0 Å². The topological polar surface area (TPSA) is 67.4 Å². The van der Waals surface area contributed by atoms with Crippen LogP contribution in [0.25, 0.3) is 0 Å². The van der Waals surface area contributed by atoms with Gasteiger partial charge in [0.05, 0.1) is 17.5 Å². The van der Waals surface area contributed by atoms with Crippen molar-refractivity contribution in [3.05, 3.63) is 83.9 Å². The summed E-state index contributed by atoms with van der Waals surface area (Å²) in [5, 5.41) is 5.54. The van der Waals surface area contributed by atoms with Crippen LogP contribution in [0, 0.1) is 6.92 Å². The molecule has 2 amide bonds. The first-order chi connectivity index (χ1) is 15.0. The standard InChI is InChI=1S/C25H26N2O3S/c1-4-30-23-12-8-7-11-22(23)27-24(28)18(3)31-20-15-13-19(14-16-20)26-25(29)21-10-6-5-9-17(21)2/h5-16,18H,4H2,1-3H3,(H,26,29)(H,27,28). The summed E-state index contributed by atoms with van der Waals surface area (Å²) in [5.74, 6) is 0.414. The molecule has 0 bridgehead atoms. The average Bonchev–Trinajstić information content (AvgIpc) is 2.77. The van der Waals surface area contributed by atoms with Crippen LogP contribution in [0.2, 0.25) is 0 Å². The molecule has 0 saturated heterocycles. The zero-order chi connectivity index (χ0) is 22.2. The first-order valence-corrected chi connectivity index (χ1v) is 11.0. The van der Waals surface area contributed by atoms with Crippen molar-refractivity contribution < 1.29 is 14.3 Å². The highest BCUT2D eigenvalue weighted by Crippen LogP contribution is 2.28. The third-order valence-electron chi connectivity index (χ3n) is 4.63. The molecule has 3 rings (SSSR count). The van der Waals surface area contributed by atoms with E-state index in [0.29, 0.717) is 29.3 Å². The van der Waals surface area contributed by atoms with Crippen LogP contribution in [0.3, 0.4) is 0 Å². The van der Waals surface area contributed by atoms with E-state index in [1.807, 2.05) is 87.5 Å². The number of hydrogen-bond donors (Lipinski definition) is 2. The summed E-state index contributed by atoms with van der Waals surface area (Å²) in [7, 11) is 0. The Hall–Kier alpha value is -3.25. The van der Waals surface area contributed by atoms with Crippen LogP contribution in [0.15, 0.2) is 77.7 Å². The highest BCUT2D eigenvalue weighted by Gasteiger charge is 2.16. The maximum absolute atomic E-state index is 12.6. The number of hydrogen-bond acceptors (Lipinski definition) is 4. The molecule has 0 heterocycles. The van der Waals surface area contributed by atoms with Gasteiger partial charge in [-0.05, 0) is 68.8 Å². The number of benzene rings is 3. The van der Waals surface area contributed by atoms with Gasteiger partial charge in [-0.3, -0.25) is 9.59 Å². The van der Waals surface area contributed by atoms with Gasteiger partial charge in [-0.15, -0.1) is 11.8 Å². The molecule has 0 saturated carbocycles. The van der Waals surface area contributed by atoms with Gasteiger partial charge in [0.1, 0.15) is 5.75 Å². The lowest BCUT2D eigenvalue weighted by atomic mass is 10.1. The minimum atomic E-state index is -0.304. The largest absolute Gasteiger partial charge is 0.492 e. The number of anilines is 2. The minimum Gasteiger partial charge on any atom is -0.492 e. The van der Waals surface area contributed by atoms with E-state index in [4.69, 9.17) is 4.74 Å². The number of ether oxygens (including phenoxy) is 1. The molecule has 5 nitrogen and oxygen atoms in total. The molecule has 31 heavy (non-hydrogen) atoms. The Morgan fingerprint density at radius 3 is 2.32 bits per heavy atom. The summed E-state index contributed by atoms with van der Waals surface area (Å²) in [6, 6.07) is 22.3.